The molecular formula is C28H39N9. The Labute approximate surface area is 219 Å². The molecule has 5 rings (SSSR count). The van der Waals surface area contributed by atoms with E-state index in [1.807, 2.05) is 13.0 Å². The summed E-state index contributed by atoms with van der Waals surface area (Å²) >= 11 is 0. The highest BCUT2D eigenvalue weighted by molar-refractivity contribution is 6.10. The Morgan fingerprint density at radius 2 is 2.14 bits per heavy atom. The van der Waals surface area contributed by atoms with Gasteiger partial charge in [0.25, 0.3) is 0 Å². The maximum Gasteiger partial charge on any atom is 0.204 e. The molecule has 3 unspecified atom stereocenters. The number of hydrogen-bond donors (Lipinski definition) is 3. The molecule has 0 bridgehead atoms. The fourth-order valence-corrected chi connectivity index (χ4v) is 5.65. The van der Waals surface area contributed by atoms with Crippen molar-refractivity contribution in [1.82, 2.24) is 25.5 Å². The molecule has 0 saturated heterocycles. The van der Waals surface area contributed by atoms with E-state index in [1.54, 1.807) is 7.05 Å². The summed E-state index contributed by atoms with van der Waals surface area (Å²) in [5.74, 6) is 3.12. The number of anilines is 1. The molecule has 4 atom stereocenters. The van der Waals surface area contributed by atoms with Gasteiger partial charge in [-0.1, -0.05) is 42.4 Å². The van der Waals surface area contributed by atoms with Crippen LogP contribution in [0.15, 0.2) is 52.0 Å². The van der Waals surface area contributed by atoms with Gasteiger partial charge in [0.2, 0.25) is 5.82 Å². The molecule has 3 aliphatic rings. The first kappa shape index (κ1) is 25.3. The van der Waals surface area contributed by atoms with Crippen LogP contribution >= 0.6 is 0 Å². The number of fused-ring (bicyclic) bond motifs is 3. The van der Waals surface area contributed by atoms with Crippen molar-refractivity contribution in [1.29, 1.82) is 0 Å². The van der Waals surface area contributed by atoms with E-state index in [2.05, 4.69) is 70.2 Å². The van der Waals surface area contributed by atoms with Crippen LogP contribution in [0.2, 0.25) is 0 Å². The van der Waals surface area contributed by atoms with Crippen molar-refractivity contribution < 1.29 is 0 Å². The first-order valence-corrected chi connectivity index (χ1v) is 13.4. The van der Waals surface area contributed by atoms with Crippen molar-refractivity contribution in [2.45, 2.75) is 76.9 Å². The number of aromatic nitrogens is 4. The maximum atomic E-state index is 6.24. The van der Waals surface area contributed by atoms with E-state index in [-0.39, 0.29) is 6.17 Å². The summed E-state index contributed by atoms with van der Waals surface area (Å²) in [6, 6.07) is 6.67. The van der Waals surface area contributed by atoms with Crippen molar-refractivity contribution in [3.05, 3.63) is 47.6 Å². The molecule has 196 valence electrons. The molecule has 3 heterocycles. The number of tetrazole rings is 1. The highest BCUT2D eigenvalue weighted by Gasteiger charge is 2.50. The number of amidine groups is 2. The summed E-state index contributed by atoms with van der Waals surface area (Å²) in [4.78, 5) is 11.9. The third-order valence-corrected chi connectivity index (χ3v) is 7.88. The molecule has 0 radical (unpaired) electrons. The number of allylic oxidation sites excluding steroid dienone is 3. The van der Waals surface area contributed by atoms with Crippen LogP contribution in [0, 0.1) is 5.92 Å². The third kappa shape index (κ3) is 5.23. The van der Waals surface area contributed by atoms with Gasteiger partial charge in [-0.25, -0.2) is 4.99 Å². The normalized spacial score (nSPS) is 28.9. The quantitative estimate of drug-likeness (QED) is 0.405. The number of nitrogens with one attached hydrogen (secondary N) is 2. The van der Waals surface area contributed by atoms with Crippen LogP contribution in [-0.4, -0.2) is 50.6 Å². The second kappa shape index (κ2) is 10.6. The van der Waals surface area contributed by atoms with E-state index in [0.717, 1.165) is 55.2 Å². The highest BCUT2D eigenvalue weighted by atomic mass is 15.6. The molecule has 4 N–H and O–H groups in total. The van der Waals surface area contributed by atoms with Crippen molar-refractivity contribution in [3.8, 4) is 11.4 Å². The van der Waals surface area contributed by atoms with Crippen molar-refractivity contribution in [2.75, 3.05) is 11.9 Å². The Kier molecular flexibility index (Phi) is 7.24. The largest absolute Gasteiger partial charge is 0.362 e. The van der Waals surface area contributed by atoms with Gasteiger partial charge in [0.1, 0.15) is 17.8 Å². The van der Waals surface area contributed by atoms with Gasteiger partial charge in [-0.2, -0.15) is 4.80 Å². The molecule has 2 aromatic rings. The number of nitrogens with two attached hydrogens (primary N) is 1. The first-order chi connectivity index (χ1) is 17.9. The zero-order valence-corrected chi connectivity index (χ0v) is 22.4. The van der Waals surface area contributed by atoms with Crippen molar-refractivity contribution in [3.63, 3.8) is 0 Å². The molecule has 1 saturated carbocycles. The molecule has 9 heteroatoms. The molecule has 2 aliphatic heterocycles. The van der Waals surface area contributed by atoms with Crippen LogP contribution in [0.25, 0.3) is 11.4 Å². The lowest BCUT2D eigenvalue weighted by atomic mass is 9.79. The third-order valence-electron chi connectivity index (χ3n) is 7.88. The van der Waals surface area contributed by atoms with Gasteiger partial charge in [-0.3, -0.25) is 4.99 Å². The Morgan fingerprint density at radius 3 is 2.92 bits per heavy atom. The monoisotopic (exact) mass is 501 g/mol. The summed E-state index contributed by atoms with van der Waals surface area (Å²) in [5.41, 5.74) is 10.2. The fraction of sp³-hybridized carbons (Fsp3) is 0.536. The minimum Gasteiger partial charge on any atom is -0.362 e. The molecule has 1 aliphatic carbocycles. The number of aryl methyl sites for hydroxylation is 1. The highest BCUT2D eigenvalue weighted by Crippen LogP contribution is 2.45. The van der Waals surface area contributed by atoms with Gasteiger partial charge in [0.05, 0.1) is 12.5 Å². The van der Waals surface area contributed by atoms with Gasteiger partial charge < -0.3 is 16.4 Å². The molecule has 1 fully saturated rings. The van der Waals surface area contributed by atoms with E-state index in [0.29, 0.717) is 17.8 Å². The average molecular weight is 502 g/mol. The average Bonchev–Trinajstić information content (AvgIpc) is 3.36. The molecule has 0 spiro atoms. The molecular weight excluding hydrogens is 462 g/mol. The predicted octanol–water partition coefficient (Wildman–Crippen LogP) is 4.11. The van der Waals surface area contributed by atoms with Gasteiger partial charge in [-0.15, -0.1) is 10.2 Å². The minimum atomic E-state index is -0.394. The maximum absolute atomic E-state index is 6.24. The summed E-state index contributed by atoms with van der Waals surface area (Å²) in [6.45, 7) is 7.23. The predicted molar refractivity (Wildman–Crippen MR) is 150 cm³/mol. The summed E-state index contributed by atoms with van der Waals surface area (Å²) in [7, 11) is 1.77. The van der Waals surface area contributed by atoms with Gasteiger partial charge in [-0.05, 0) is 69.2 Å². The second-order valence-electron chi connectivity index (χ2n) is 10.9. The lowest BCUT2D eigenvalue weighted by Gasteiger charge is -2.37. The number of hydrogen-bond acceptors (Lipinski definition) is 7. The minimum absolute atomic E-state index is 0.139. The molecule has 1 aromatic carbocycles. The Hall–Kier alpha value is -3.33. The number of nitrogens with zero attached hydrogens (tertiary/aromatic N) is 6. The van der Waals surface area contributed by atoms with E-state index in [9.17, 15) is 0 Å². The second-order valence-corrected chi connectivity index (χ2v) is 10.9. The Bertz CT molecular complexity index is 1250. The molecule has 37 heavy (non-hydrogen) atoms. The van der Waals surface area contributed by atoms with Gasteiger partial charge in [0.15, 0.2) is 0 Å². The van der Waals surface area contributed by atoms with E-state index < -0.39 is 5.41 Å². The SMILES string of the molecule is C/C=C\C=C(/C)CC1=NC2Nc3cc(-c4nnn(C)n4)ccc3C2(C)C(=NC[C@H]2CCCC(N)CC2)N1. The number of rotatable bonds is 6. The van der Waals surface area contributed by atoms with Crippen LogP contribution in [0.4, 0.5) is 5.69 Å². The molecule has 0 amide bonds. The van der Waals surface area contributed by atoms with Crippen LogP contribution in [0.3, 0.4) is 0 Å². The summed E-state index contributed by atoms with van der Waals surface area (Å²) in [6.07, 6.45) is 12.6. The van der Waals surface area contributed by atoms with E-state index in [4.69, 9.17) is 15.7 Å². The topological polar surface area (TPSA) is 118 Å². The Balaban J connectivity index is 1.48. The lowest BCUT2D eigenvalue weighted by molar-refractivity contribution is 0.462. The van der Waals surface area contributed by atoms with Gasteiger partial charge >= 0.3 is 0 Å². The van der Waals surface area contributed by atoms with E-state index >= 15 is 0 Å². The Morgan fingerprint density at radius 1 is 1.27 bits per heavy atom. The smallest absolute Gasteiger partial charge is 0.204 e. The van der Waals surface area contributed by atoms with Crippen molar-refractivity contribution in [2.24, 2.45) is 28.7 Å². The van der Waals surface area contributed by atoms with Crippen LogP contribution < -0.4 is 16.4 Å². The number of aliphatic imine (C=N–C) groups is 2. The van der Waals surface area contributed by atoms with Crippen LogP contribution in [-0.2, 0) is 12.5 Å². The summed E-state index contributed by atoms with van der Waals surface area (Å²) < 4.78 is 0. The lowest BCUT2D eigenvalue weighted by Crippen LogP contribution is -2.55. The van der Waals surface area contributed by atoms with E-state index in [1.165, 1.54) is 28.8 Å². The number of benzene rings is 1. The zero-order valence-electron chi connectivity index (χ0n) is 22.4. The van der Waals surface area contributed by atoms with Crippen molar-refractivity contribution >= 4 is 17.4 Å². The molecule has 1 aromatic heterocycles. The zero-order chi connectivity index (χ0) is 26.0. The first-order valence-electron chi connectivity index (χ1n) is 13.4. The molecule has 9 nitrogen and oxygen atoms in total. The summed E-state index contributed by atoms with van der Waals surface area (Å²) in [5, 5.41) is 19.9. The van der Waals surface area contributed by atoms with Crippen LogP contribution in [0.5, 0.6) is 0 Å². The fourth-order valence-electron chi connectivity index (χ4n) is 5.65. The van der Waals surface area contributed by atoms with Gasteiger partial charge in [0, 0.05) is 30.3 Å². The van der Waals surface area contributed by atoms with Crippen LogP contribution in [0.1, 0.15) is 64.9 Å². The standard InChI is InChI=1S/C28H39N9/c1-5-6-8-18(2)15-24-32-26(30-17-19-9-7-10-21(29)13-11-19)28(3)22-14-12-20(25-34-36-37(4)35-25)16-23(22)31-27(28)33-24/h5-6,8,12,14,16,19,21,27,31H,7,9-11,13,15,17,29H2,1-4H3,(H,30,32,33)/b6-5-,18-8+/t19-,21?,27?,28?/m0/s1.